The summed E-state index contributed by atoms with van der Waals surface area (Å²) in [4.78, 5) is 32.9. The van der Waals surface area contributed by atoms with E-state index in [1.54, 1.807) is 24.3 Å². The smallest absolute Gasteiger partial charge is 0.303 e. The van der Waals surface area contributed by atoms with E-state index in [9.17, 15) is 14.4 Å². The molecule has 0 atom stereocenters. The van der Waals surface area contributed by atoms with Crippen molar-refractivity contribution in [3.63, 3.8) is 0 Å². The van der Waals surface area contributed by atoms with Crippen LogP contribution in [0.15, 0.2) is 24.3 Å². The monoisotopic (exact) mass is 279 g/mol. The van der Waals surface area contributed by atoms with Gasteiger partial charge in [-0.15, -0.1) is 0 Å². The van der Waals surface area contributed by atoms with Crippen LogP contribution in [0.3, 0.4) is 0 Å². The number of Topliss-reactive ketones (excluding diaryl/α,β-unsaturated/α-hetero) is 1. The maximum absolute atomic E-state index is 11.4. The van der Waals surface area contributed by atoms with E-state index in [1.165, 1.54) is 6.92 Å². The van der Waals surface area contributed by atoms with Gasteiger partial charge in [0.15, 0.2) is 12.4 Å². The van der Waals surface area contributed by atoms with Crippen molar-refractivity contribution in [2.24, 2.45) is 0 Å². The number of carboxylic acids is 1. The van der Waals surface area contributed by atoms with Crippen molar-refractivity contribution >= 4 is 17.7 Å². The third kappa shape index (κ3) is 5.99. The van der Waals surface area contributed by atoms with E-state index in [0.717, 1.165) is 0 Å². The number of carbonyl (C=O) groups excluding carboxylic acids is 2. The van der Waals surface area contributed by atoms with Crippen LogP contribution in [0, 0.1) is 0 Å². The molecule has 0 aromatic heterocycles. The number of hydrogen-bond acceptors (Lipinski definition) is 4. The minimum Gasteiger partial charge on any atom is -0.484 e. The number of benzene rings is 1. The minimum atomic E-state index is -0.892. The van der Waals surface area contributed by atoms with Crippen molar-refractivity contribution in [2.75, 3.05) is 13.2 Å². The molecular formula is C14H17NO5. The Morgan fingerprint density at radius 1 is 1.30 bits per heavy atom. The van der Waals surface area contributed by atoms with Crippen molar-refractivity contribution in [3.8, 4) is 5.75 Å². The summed E-state index contributed by atoms with van der Waals surface area (Å²) < 4.78 is 5.26. The average Bonchev–Trinajstić information content (AvgIpc) is 2.41. The summed E-state index contributed by atoms with van der Waals surface area (Å²) in [5.41, 5.74) is 0.518. The molecule has 0 aliphatic heterocycles. The van der Waals surface area contributed by atoms with E-state index in [0.29, 0.717) is 24.3 Å². The van der Waals surface area contributed by atoms with Gasteiger partial charge in [-0.05, 0) is 25.5 Å². The zero-order valence-corrected chi connectivity index (χ0v) is 11.2. The summed E-state index contributed by atoms with van der Waals surface area (Å²) >= 11 is 0. The Kier molecular flexibility index (Phi) is 6.22. The van der Waals surface area contributed by atoms with Gasteiger partial charge in [-0.1, -0.05) is 12.1 Å². The van der Waals surface area contributed by atoms with Gasteiger partial charge < -0.3 is 15.2 Å². The highest BCUT2D eigenvalue weighted by Gasteiger charge is 2.05. The summed E-state index contributed by atoms with van der Waals surface area (Å²) in [6.45, 7) is 1.57. The number of hydrogen-bond donors (Lipinski definition) is 2. The Balaban J connectivity index is 2.32. The van der Waals surface area contributed by atoms with Gasteiger partial charge in [-0.3, -0.25) is 14.4 Å². The Hall–Kier alpha value is -2.37. The first kappa shape index (κ1) is 15.7. The summed E-state index contributed by atoms with van der Waals surface area (Å²) in [7, 11) is 0. The van der Waals surface area contributed by atoms with Crippen molar-refractivity contribution in [2.45, 2.75) is 19.8 Å². The highest BCUT2D eigenvalue weighted by molar-refractivity contribution is 5.94. The first-order chi connectivity index (χ1) is 9.49. The van der Waals surface area contributed by atoms with E-state index in [-0.39, 0.29) is 24.7 Å². The number of carboxylic acid groups (broad SMARTS) is 1. The number of carbonyl (C=O) groups is 3. The van der Waals surface area contributed by atoms with Crippen LogP contribution in [0.4, 0.5) is 0 Å². The summed E-state index contributed by atoms with van der Waals surface area (Å²) in [6, 6.07) is 6.57. The van der Waals surface area contributed by atoms with Crippen LogP contribution in [0.25, 0.3) is 0 Å². The summed E-state index contributed by atoms with van der Waals surface area (Å²) in [6.07, 6.45) is 0.392. The number of amides is 1. The van der Waals surface area contributed by atoms with Gasteiger partial charge in [-0.25, -0.2) is 0 Å². The lowest BCUT2D eigenvalue weighted by atomic mass is 10.1. The quantitative estimate of drug-likeness (QED) is 0.552. The molecule has 6 nitrogen and oxygen atoms in total. The maximum Gasteiger partial charge on any atom is 0.303 e. The first-order valence-corrected chi connectivity index (χ1v) is 6.21. The highest BCUT2D eigenvalue weighted by atomic mass is 16.5. The highest BCUT2D eigenvalue weighted by Crippen LogP contribution is 2.13. The molecule has 2 N–H and O–H groups in total. The lowest BCUT2D eigenvalue weighted by Crippen LogP contribution is -2.29. The number of rotatable bonds is 8. The third-order valence-electron chi connectivity index (χ3n) is 2.50. The number of nitrogens with one attached hydrogen (secondary N) is 1. The molecule has 0 aliphatic carbocycles. The second-order valence-corrected chi connectivity index (χ2v) is 4.22. The number of aliphatic carboxylic acids is 1. The van der Waals surface area contributed by atoms with E-state index in [4.69, 9.17) is 9.84 Å². The molecule has 0 saturated heterocycles. The van der Waals surface area contributed by atoms with Crippen LogP contribution in [0.1, 0.15) is 30.1 Å². The Labute approximate surface area is 116 Å². The fraction of sp³-hybridized carbons (Fsp3) is 0.357. The fourth-order valence-corrected chi connectivity index (χ4v) is 1.47. The number of ether oxygens (including phenoxy) is 1. The normalized spacial score (nSPS) is 9.85. The molecule has 108 valence electrons. The molecule has 0 unspecified atom stereocenters. The van der Waals surface area contributed by atoms with Crippen molar-refractivity contribution in [1.29, 1.82) is 0 Å². The summed E-state index contributed by atoms with van der Waals surface area (Å²) in [5.74, 6) is -0.855. The Bertz CT molecular complexity index is 498. The fourth-order valence-electron chi connectivity index (χ4n) is 1.47. The van der Waals surface area contributed by atoms with Crippen molar-refractivity contribution in [1.82, 2.24) is 5.32 Å². The predicted molar refractivity (Wildman–Crippen MR) is 71.8 cm³/mol. The minimum absolute atomic E-state index is 0.0157. The lowest BCUT2D eigenvalue weighted by Gasteiger charge is -2.07. The molecule has 1 rings (SSSR count). The molecule has 6 heteroatoms. The van der Waals surface area contributed by atoms with Crippen LogP contribution in [0.2, 0.25) is 0 Å². The Morgan fingerprint density at radius 2 is 2.05 bits per heavy atom. The largest absolute Gasteiger partial charge is 0.484 e. The molecule has 0 bridgehead atoms. The lowest BCUT2D eigenvalue weighted by molar-refractivity contribution is -0.137. The third-order valence-corrected chi connectivity index (χ3v) is 2.50. The molecule has 1 aromatic carbocycles. The first-order valence-electron chi connectivity index (χ1n) is 6.21. The Morgan fingerprint density at radius 3 is 2.70 bits per heavy atom. The molecule has 0 fully saturated rings. The zero-order chi connectivity index (χ0) is 15.0. The van der Waals surface area contributed by atoms with Crippen LogP contribution < -0.4 is 10.1 Å². The second-order valence-electron chi connectivity index (χ2n) is 4.22. The van der Waals surface area contributed by atoms with Gasteiger partial charge >= 0.3 is 5.97 Å². The topological polar surface area (TPSA) is 92.7 Å². The zero-order valence-electron chi connectivity index (χ0n) is 11.2. The van der Waals surface area contributed by atoms with Gasteiger partial charge in [0.05, 0.1) is 0 Å². The summed E-state index contributed by atoms with van der Waals surface area (Å²) in [5, 5.41) is 11.0. The van der Waals surface area contributed by atoms with Crippen molar-refractivity contribution < 1.29 is 24.2 Å². The molecule has 20 heavy (non-hydrogen) atoms. The molecule has 0 saturated carbocycles. The van der Waals surface area contributed by atoms with Gasteiger partial charge in [0.1, 0.15) is 5.75 Å². The van der Waals surface area contributed by atoms with Crippen molar-refractivity contribution in [3.05, 3.63) is 29.8 Å². The standard InChI is InChI=1S/C14H17NO5/c1-10(16)11-4-2-5-12(8-11)20-9-13(17)15-7-3-6-14(18)19/h2,4-5,8H,3,6-7,9H2,1H3,(H,15,17)(H,18,19). The molecule has 0 radical (unpaired) electrons. The van der Waals surface area contributed by atoms with Gasteiger partial charge in [0.2, 0.25) is 0 Å². The van der Waals surface area contributed by atoms with Gasteiger partial charge in [0.25, 0.3) is 5.91 Å². The van der Waals surface area contributed by atoms with Crippen LogP contribution in [-0.2, 0) is 9.59 Å². The molecular weight excluding hydrogens is 262 g/mol. The molecule has 1 amide bonds. The molecule has 0 spiro atoms. The maximum atomic E-state index is 11.4. The van der Waals surface area contributed by atoms with Gasteiger partial charge in [-0.2, -0.15) is 0 Å². The van der Waals surface area contributed by atoms with E-state index in [2.05, 4.69) is 5.32 Å². The molecule has 1 aromatic rings. The SMILES string of the molecule is CC(=O)c1cccc(OCC(=O)NCCCC(=O)O)c1. The van der Waals surface area contributed by atoms with Crippen LogP contribution in [0.5, 0.6) is 5.75 Å². The molecule has 0 heterocycles. The average molecular weight is 279 g/mol. The van der Waals surface area contributed by atoms with Gasteiger partial charge in [0, 0.05) is 18.5 Å². The van der Waals surface area contributed by atoms with E-state index >= 15 is 0 Å². The second kappa shape index (κ2) is 7.93. The predicted octanol–water partition coefficient (Wildman–Crippen LogP) is 1.25. The van der Waals surface area contributed by atoms with E-state index < -0.39 is 5.97 Å². The molecule has 0 aliphatic rings. The van der Waals surface area contributed by atoms with E-state index in [1.807, 2.05) is 0 Å². The number of ketones is 1. The van der Waals surface area contributed by atoms with Crippen LogP contribution in [-0.4, -0.2) is 35.9 Å². The van der Waals surface area contributed by atoms with Crippen LogP contribution >= 0.6 is 0 Å².